The molecule has 0 aromatic heterocycles. The summed E-state index contributed by atoms with van der Waals surface area (Å²) in [6.07, 6.45) is 2.12. The van der Waals surface area contributed by atoms with Crippen LogP contribution in [0.1, 0.15) is 19.3 Å². The second-order valence-electron chi connectivity index (χ2n) is 4.60. The number of carboxylic acids is 1. The third kappa shape index (κ3) is 3.43. The number of urea groups is 1. The minimum atomic E-state index is -0.968. The van der Waals surface area contributed by atoms with Crippen LogP contribution in [-0.4, -0.2) is 34.6 Å². The molecular formula is C13H14BrClN2O3. The first-order chi connectivity index (χ1) is 9.49. The van der Waals surface area contributed by atoms with Crippen molar-refractivity contribution in [3.8, 4) is 0 Å². The first-order valence-electron chi connectivity index (χ1n) is 6.24. The molecule has 1 aliphatic heterocycles. The molecule has 1 atom stereocenters. The average molecular weight is 362 g/mol. The number of carbonyl (C=O) groups excluding carboxylic acids is 1. The van der Waals surface area contributed by atoms with Crippen molar-refractivity contribution in [2.24, 2.45) is 0 Å². The number of hydrogen-bond donors (Lipinski definition) is 2. The molecule has 2 rings (SSSR count). The Hall–Kier alpha value is -1.27. The van der Waals surface area contributed by atoms with Crippen LogP contribution in [0.25, 0.3) is 0 Å². The van der Waals surface area contributed by atoms with E-state index < -0.39 is 18.0 Å². The van der Waals surface area contributed by atoms with Crippen molar-refractivity contribution in [1.82, 2.24) is 4.90 Å². The summed E-state index contributed by atoms with van der Waals surface area (Å²) in [7, 11) is 0. The van der Waals surface area contributed by atoms with Crippen LogP contribution in [0.5, 0.6) is 0 Å². The average Bonchev–Trinajstić information content (AvgIpc) is 2.42. The maximum absolute atomic E-state index is 12.2. The molecule has 0 aliphatic carbocycles. The molecule has 0 spiro atoms. The number of likely N-dealkylation sites (tertiary alicyclic amines) is 1. The van der Waals surface area contributed by atoms with E-state index in [1.807, 2.05) is 0 Å². The van der Waals surface area contributed by atoms with Gasteiger partial charge >= 0.3 is 12.0 Å². The number of rotatable bonds is 2. The van der Waals surface area contributed by atoms with E-state index in [1.54, 1.807) is 18.2 Å². The molecule has 1 aromatic rings. The number of hydrogen-bond acceptors (Lipinski definition) is 2. The van der Waals surface area contributed by atoms with Gasteiger partial charge in [-0.05, 0) is 53.4 Å². The molecule has 0 radical (unpaired) electrons. The largest absolute Gasteiger partial charge is 0.480 e. The maximum Gasteiger partial charge on any atom is 0.326 e. The fourth-order valence-electron chi connectivity index (χ4n) is 2.21. The second kappa shape index (κ2) is 6.45. The first-order valence-corrected chi connectivity index (χ1v) is 7.41. The molecule has 0 saturated carbocycles. The maximum atomic E-state index is 12.2. The van der Waals surface area contributed by atoms with Gasteiger partial charge in [0, 0.05) is 16.0 Å². The van der Waals surface area contributed by atoms with Gasteiger partial charge in [0.25, 0.3) is 0 Å². The number of nitrogens with zero attached hydrogens (tertiary/aromatic N) is 1. The van der Waals surface area contributed by atoms with Gasteiger partial charge in [-0.15, -0.1) is 0 Å². The molecule has 1 fully saturated rings. The molecule has 20 heavy (non-hydrogen) atoms. The molecule has 1 heterocycles. The van der Waals surface area contributed by atoms with Gasteiger partial charge in [-0.25, -0.2) is 9.59 Å². The van der Waals surface area contributed by atoms with Crippen LogP contribution in [0, 0.1) is 0 Å². The van der Waals surface area contributed by atoms with Crippen LogP contribution >= 0.6 is 27.5 Å². The number of piperidine rings is 1. The monoisotopic (exact) mass is 360 g/mol. The van der Waals surface area contributed by atoms with Gasteiger partial charge in [0.1, 0.15) is 6.04 Å². The number of halogens is 2. The highest BCUT2D eigenvalue weighted by Crippen LogP contribution is 2.27. The lowest BCUT2D eigenvalue weighted by Gasteiger charge is -2.33. The van der Waals surface area contributed by atoms with Crippen LogP contribution < -0.4 is 5.32 Å². The Morgan fingerprint density at radius 1 is 1.40 bits per heavy atom. The summed E-state index contributed by atoms with van der Waals surface area (Å²) in [6, 6.07) is 3.86. The van der Waals surface area contributed by atoms with E-state index in [9.17, 15) is 14.7 Å². The number of benzene rings is 1. The number of nitrogens with one attached hydrogen (secondary N) is 1. The Morgan fingerprint density at radius 3 is 2.85 bits per heavy atom. The van der Waals surface area contributed by atoms with Crippen LogP contribution in [-0.2, 0) is 4.79 Å². The molecule has 2 amide bonds. The highest BCUT2D eigenvalue weighted by molar-refractivity contribution is 9.10. The number of anilines is 1. The Morgan fingerprint density at radius 2 is 2.15 bits per heavy atom. The van der Waals surface area contributed by atoms with E-state index in [0.717, 1.165) is 12.8 Å². The standard InChI is InChI=1S/C13H14BrClN2O3/c14-9-5-4-8(15)7-10(9)16-13(20)17-6-2-1-3-11(17)12(18)19/h4-5,7,11H,1-3,6H2,(H,16,20)(H,18,19). The Labute approximate surface area is 130 Å². The topological polar surface area (TPSA) is 69.6 Å². The minimum Gasteiger partial charge on any atom is -0.480 e. The van der Waals surface area contributed by atoms with E-state index in [0.29, 0.717) is 28.1 Å². The van der Waals surface area contributed by atoms with Gasteiger partial charge in [0.15, 0.2) is 0 Å². The Bertz CT molecular complexity index is 538. The van der Waals surface area contributed by atoms with E-state index in [1.165, 1.54) is 4.90 Å². The molecule has 0 bridgehead atoms. The van der Waals surface area contributed by atoms with E-state index in [2.05, 4.69) is 21.2 Å². The number of amides is 2. The molecule has 5 nitrogen and oxygen atoms in total. The normalized spacial score (nSPS) is 18.7. The third-order valence-corrected chi connectivity index (χ3v) is 4.15. The molecular weight excluding hydrogens is 348 g/mol. The zero-order chi connectivity index (χ0) is 14.7. The molecule has 1 unspecified atom stereocenters. The van der Waals surface area contributed by atoms with Crippen molar-refractivity contribution < 1.29 is 14.7 Å². The summed E-state index contributed by atoms with van der Waals surface area (Å²) in [5.74, 6) is -0.968. The minimum absolute atomic E-state index is 0.417. The number of aliphatic carboxylic acids is 1. The number of carboxylic acid groups (broad SMARTS) is 1. The van der Waals surface area contributed by atoms with Crippen molar-refractivity contribution in [3.05, 3.63) is 27.7 Å². The Balaban J connectivity index is 2.14. The fraction of sp³-hybridized carbons (Fsp3) is 0.385. The van der Waals surface area contributed by atoms with Crippen LogP contribution in [0.4, 0.5) is 10.5 Å². The van der Waals surface area contributed by atoms with Crippen LogP contribution in [0.3, 0.4) is 0 Å². The van der Waals surface area contributed by atoms with Gasteiger partial charge in [-0.2, -0.15) is 0 Å². The van der Waals surface area contributed by atoms with Crippen molar-refractivity contribution in [2.45, 2.75) is 25.3 Å². The van der Waals surface area contributed by atoms with Crippen molar-refractivity contribution in [3.63, 3.8) is 0 Å². The van der Waals surface area contributed by atoms with Crippen molar-refractivity contribution in [2.75, 3.05) is 11.9 Å². The molecule has 1 aromatic carbocycles. The van der Waals surface area contributed by atoms with Crippen molar-refractivity contribution >= 4 is 45.2 Å². The second-order valence-corrected chi connectivity index (χ2v) is 5.89. The van der Waals surface area contributed by atoms with Crippen LogP contribution in [0.2, 0.25) is 5.02 Å². The van der Waals surface area contributed by atoms with Gasteiger partial charge in [-0.3, -0.25) is 0 Å². The van der Waals surface area contributed by atoms with E-state index in [-0.39, 0.29) is 0 Å². The molecule has 7 heteroatoms. The van der Waals surface area contributed by atoms with Crippen LogP contribution in [0.15, 0.2) is 22.7 Å². The smallest absolute Gasteiger partial charge is 0.326 e. The first kappa shape index (κ1) is 15.1. The Kier molecular flexibility index (Phi) is 4.88. The number of carbonyl (C=O) groups is 2. The van der Waals surface area contributed by atoms with Gasteiger partial charge in [-0.1, -0.05) is 11.6 Å². The van der Waals surface area contributed by atoms with Gasteiger partial charge in [0.05, 0.1) is 5.69 Å². The molecule has 1 aliphatic rings. The van der Waals surface area contributed by atoms with E-state index >= 15 is 0 Å². The summed E-state index contributed by atoms with van der Waals surface area (Å²) in [5, 5.41) is 12.4. The summed E-state index contributed by atoms with van der Waals surface area (Å²) >= 11 is 9.20. The summed E-state index contributed by atoms with van der Waals surface area (Å²) in [4.78, 5) is 24.8. The lowest BCUT2D eigenvalue weighted by Crippen LogP contribution is -2.49. The predicted octanol–water partition coefficient (Wildman–Crippen LogP) is 3.57. The predicted molar refractivity (Wildman–Crippen MR) is 80.2 cm³/mol. The quantitative estimate of drug-likeness (QED) is 0.846. The third-order valence-electron chi connectivity index (χ3n) is 3.22. The van der Waals surface area contributed by atoms with Gasteiger partial charge in [0.2, 0.25) is 0 Å². The zero-order valence-electron chi connectivity index (χ0n) is 10.6. The molecule has 108 valence electrons. The molecule has 2 N–H and O–H groups in total. The van der Waals surface area contributed by atoms with E-state index in [4.69, 9.17) is 11.6 Å². The fourth-order valence-corrected chi connectivity index (χ4v) is 2.73. The van der Waals surface area contributed by atoms with Gasteiger partial charge < -0.3 is 15.3 Å². The molecule has 1 saturated heterocycles. The highest BCUT2D eigenvalue weighted by Gasteiger charge is 2.32. The SMILES string of the molecule is O=C(O)C1CCCCN1C(=O)Nc1cc(Cl)ccc1Br. The zero-order valence-corrected chi connectivity index (χ0v) is 12.9. The lowest BCUT2D eigenvalue weighted by atomic mass is 10.0. The van der Waals surface area contributed by atoms with Crippen molar-refractivity contribution in [1.29, 1.82) is 0 Å². The summed E-state index contributed by atoms with van der Waals surface area (Å²) < 4.78 is 0.694. The highest BCUT2D eigenvalue weighted by atomic mass is 79.9. The summed E-state index contributed by atoms with van der Waals surface area (Å²) in [5.41, 5.74) is 0.525. The summed E-state index contributed by atoms with van der Waals surface area (Å²) in [6.45, 7) is 0.445. The lowest BCUT2D eigenvalue weighted by molar-refractivity contribution is -0.143.